The van der Waals surface area contributed by atoms with E-state index in [0.717, 1.165) is 6.54 Å². The van der Waals surface area contributed by atoms with Gasteiger partial charge in [-0.25, -0.2) is 0 Å². The van der Waals surface area contributed by atoms with Crippen LogP contribution in [0.5, 0.6) is 0 Å². The summed E-state index contributed by atoms with van der Waals surface area (Å²) in [6.07, 6.45) is 0. The predicted octanol–water partition coefficient (Wildman–Crippen LogP) is 4.52. The van der Waals surface area contributed by atoms with Crippen LogP contribution in [0, 0.1) is 6.92 Å². The molecule has 102 valence electrons. The van der Waals surface area contributed by atoms with Gasteiger partial charge in [0.15, 0.2) is 0 Å². The standard InChI is InChI=1S/C17H29N/c1-13-11-15(16(2,3)4)10-9-14(13)12-18(8)17(5,6)7/h9-11H,12H2,1-8H3. The zero-order valence-electron chi connectivity index (χ0n) is 13.4. The van der Waals surface area contributed by atoms with Crippen LogP contribution in [0.25, 0.3) is 0 Å². The molecule has 0 heterocycles. The number of benzene rings is 1. The van der Waals surface area contributed by atoms with Crippen LogP contribution < -0.4 is 0 Å². The maximum atomic E-state index is 2.39. The second-order valence-electron chi connectivity index (χ2n) is 7.42. The number of hydrogen-bond acceptors (Lipinski definition) is 1. The van der Waals surface area contributed by atoms with Gasteiger partial charge in [-0.15, -0.1) is 0 Å². The van der Waals surface area contributed by atoms with Crippen LogP contribution >= 0.6 is 0 Å². The van der Waals surface area contributed by atoms with Gasteiger partial charge in [-0.1, -0.05) is 39.0 Å². The molecule has 0 radical (unpaired) electrons. The molecule has 0 amide bonds. The van der Waals surface area contributed by atoms with Gasteiger partial charge in [0.05, 0.1) is 0 Å². The normalized spacial score (nSPS) is 13.2. The van der Waals surface area contributed by atoms with E-state index in [4.69, 9.17) is 0 Å². The molecular weight excluding hydrogens is 218 g/mol. The first-order valence-electron chi connectivity index (χ1n) is 6.83. The average molecular weight is 247 g/mol. The third kappa shape index (κ3) is 3.84. The first-order chi connectivity index (χ1) is 8.01. The molecule has 0 unspecified atom stereocenters. The van der Waals surface area contributed by atoms with Crippen LogP contribution in [0.3, 0.4) is 0 Å². The summed E-state index contributed by atoms with van der Waals surface area (Å²) in [5.74, 6) is 0. The molecule has 1 nitrogen and oxygen atoms in total. The summed E-state index contributed by atoms with van der Waals surface area (Å²) in [4.78, 5) is 2.39. The van der Waals surface area contributed by atoms with Crippen molar-refractivity contribution in [2.24, 2.45) is 0 Å². The lowest BCUT2D eigenvalue weighted by atomic mass is 9.85. The van der Waals surface area contributed by atoms with E-state index in [1.54, 1.807) is 0 Å². The quantitative estimate of drug-likeness (QED) is 0.742. The fourth-order valence-corrected chi connectivity index (χ4v) is 1.83. The Hall–Kier alpha value is -0.820. The summed E-state index contributed by atoms with van der Waals surface area (Å²) in [6.45, 7) is 16.8. The van der Waals surface area contributed by atoms with Crippen molar-refractivity contribution < 1.29 is 0 Å². The van der Waals surface area contributed by atoms with Crippen molar-refractivity contribution in [3.63, 3.8) is 0 Å². The monoisotopic (exact) mass is 247 g/mol. The number of aryl methyl sites for hydroxylation is 1. The Labute approximate surface area is 113 Å². The molecule has 0 aliphatic heterocycles. The van der Waals surface area contributed by atoms with Crippen LogP contribution in [0.15, 0.2) is 18.2 Å². The third-order valence-electron chi connectivity index (χ3n) is 3.76. The van der Waals surface area contributed by atoms with E-state index >= 15 is 0 Å². The third-order valence-corrected chi connectivity index (χ3v) is 3.76. The van der Waals surface area contributed by atoms with Crippen molar-refractivity contribution in [2.75, 3.05) is 7.05 Å². The molecule has 1 aromatic rings. The van der Waals surface area contributed by atoms with Gasteiger partial charge in [-0.05, 0) is 56.8 Å². The van der Waals surface area contributed by atoms with E-state index < -0.39 is 0 Å². The molecule has 0 fully saturated rings. The van der Waals surface area contributed by atoms with Gasteiger partial charge in [0.2, 0.25) is 0 Å². The van der Waals surface area contributed by atoms with Crippen molar-refractivity contribution in [3.05, 3.63) is 34.9 Å². The molecule has 0 N–H and O–H groups in total. The Balaban J connectivity index is 2.94. The fourth-order valence-electron chi connectivity index (χ4n) is 1.83. The van der Waals surface area contributed by atoms with Crippen molar-refractivity contribution in [1.82, 2.24) is 4.90 Å². The van der Waals surface area contributed by atoms with E-state index in [1.165, 1.54) is 16.7 Å². The summed E-state index contributed by atoms with van der Waals surface area (Å²) < 4.78 is 0. The molecule has 1 rings (SSSR count). The highest BCUT2D eigenvalue weighted by molar-refractivity contribution is 5.34. The summed E-state index contributed by atoms with van der Waals surface area (Å²) in [6, 6.07) is 6.91. The summed E-state index contributed by atoms with van der Waals surface area (Å²) in [7, 11) is 2.19. The predicted molar refractivity (Wildman–Crippen MR) is 81.1 cm³/mol. The smallest absolute Gasteiger partial charge is 0.0238 e. The molecule has 0 aromatic heterocycles. The van der Waals surface area contributed by atoms with Gasteiger partial charge in [0.1, 0.15) is 0 Å². The molecule has 0 aliphatic rings. The highest BCUT2D eigenvalue weighted by Crippen LogP contribution is 2.25. The van der Waals surface area contributed by atoms with Crippen molar-refractivity contribution in [1.29, 1.82) is 0 Å². The molecule has 1 aromatic carbocycles. The molecule has 1 heteroatoms. The lowest BCUT2D eigenvalue weighted by Crippen LogP contribution is -2.37. The lowest BCUT2D eigenvalue weighted by Gasteiger charge is -2.32. The van der Waals surface area contributed by atoms with Crippen LogP contribution in [0.2, 0.25) is 0 Å². The SMILES string of the molecule is Cc1cc(C(C)(C)C)ccc1CN(C)C(C)(C)C. The van der Waals surface area contributed by atoms with Crippen molar-refractivity contribution >= 4 is 0 Å². The maximum absolute atomic E-state index is 2.39. The van der Waals surface area contributed by atoms with Gasteiger partial charge in [0.25, 0.3) is 0 Å². The van der Waals surface area contributed by atoms with Crippen LogP contribution in [0.1, 0.15) is 58.2 Å². The number of hydrogen-bond donors (Lipinski definition) is 0. The van der Waals surface area contributed by atoms with E-state index in [2.05, 4.69) is 78.6 Å². The second-order valence-corrected chi connectivity index (χ2v) is 7.42. The van der Waals surface area contributed by atoms with Gasteiger partial charge in [0, 0.05) is 12.1 Å². The molecular formula is C17H29N. The van der Waals surface area contributed by atoms with Crippen LogP contribution in [0.4, 0.5) is 0 Å². The van der Waals surface area contributed by atoms with Gasteiger partial charge >= 0.3 is 0 Å². The highest BCUT2D eigenvalue weighted by Gasteiger charge is 2.19. The molecule has 0 saturated carbocycles. The largest absolute Gasteiger partial charge is 0.297 e. The van der Waals surface area contributed by atoms with Gasteiger partial charge in [-0.3, -0.25) is 4.90 Å². The van der Waals surface area contributed by atoms with Crippen LogP contribution in [-0.4, -0.2) is 17.5 Å². The molecule has 0 atom stereocenters. The Morgan fingerprint density at radius 2 is 1.56 bits per heavy atom. The second kappa shape index (κ2) is 5.05. The van der Waals surface area contributed by atoms with Gasteiger partial charge < -0.3 is 0 Å². The van der Waals surface area contributed by atoms with E-state index in [9.17, 15) is 0 Å². The lowest BCUT2D eigenvalue weighted by molar-refractivity contribution is 0.167. The zero-order valence-corrected chi connectivity index (χ0v) is 13.4. The Morgan fingerprint density at radius 1 is 1.00 bits per heavy atom. The summed E-state index contributed by atoms with van der Waals surface area (Å²) in [5, 5.41) is 0. The van der Waals surface area contributed by atoms with Crippen molar-refractivity contribution in [3.8, 4) is 0 Å². The molecule has 18 heavy (non-hydrogen) atoms. The minimum absolute atomic E-state index is 0.217. The fraction of sp³-hybridized carbons (Fsp3) is 0.647. The summed E-state index contributed by atoms with van der Waals surface area (Å²) >= 11 is 0. The topological polar surface area (TPSA) is 3.24 Å². The number of rotatable bonds is 2. The van der Waals surface area contributed by atoms with Crippen LogP contribution in [-0.2, 0) is 12.0 Å². The average Bonchev–Trinajstić information content (AvgIpc) is 2.17. The first-order valence-corrected chi connectivity index (χ1v) is 6.83. The molecule has 0 bridgehead atoms. The van der Waals surface area contributed by atoms with Crippen molar-refractivity contribution in [2.45, 2.75) is 66.0 Å². The Bertz CT molecular complexity index is 405. The molecule has 0 aliphatic carbocycles. The zero-order chi connectivity index (χ0) is 14.1. The first kappa shape index (κ1) is 15.2. The molecule has 0 saturated heterocycles. The number of nitrogens with zero attached hydrogens (tertiary/aromatic N) is 1. The minimum Gasteiger partial charge on any atom is -0.297 e. The maximum Gasteiger partial charge on any atom is 0.0238 e. The van der Waals surface area contributed by atoms with E-state index in [0.29, 0.717) is 0 Å². The highest BCUT2D eigenvalue weighted by atomic mass is 15.1. The van der Waals surface area contributed by atoms with Gasteiger partial charge in [-0.2, -0.15) is 0 Å². The summed E-state index contributed by atoms with van der Waals surface area (Å²) in [5.41, 5.74) is 4.70. The Kier molecular flexibility index (Phi) is 4.27. The van der Waals surface area contributed by atoms with E-state index in [-0.39, 0.29) is 11.0 Å². The Morgan fingerprint density at radius 3 is 1.94 bits per heavy atom. The van der Waals surface area contributed by atoms with E-state index in [1.807, 2.05) is 0 Å². The minimum atomic E-state index is 0.217. The molecule has 0 spiro atoms.